The Hall–Kier alpha value is -3.88. The minimum Gasteiger partial charge on any atom is -0.325 e. The van der Waals surface area contributed by atoms with Crippen LogP contribution in [0, 0.1) is 12.9 Å². The zero-order chi connectivity index (χ0) is 24.0. The molecule has 0 aliphatic heterocycles. The summed E-state index contributed by atoms with van der Waals surface area (Å²) >= 11 is 0. The number of nitrogens with one attached hydrogen (secondary N) is 2. The van der Waals surface area contributed by atoms with E-state index in [-0.39, 0.29) is 23.6 Å². The first kappa shape index (κ1) is 23.8. The Morgan fingerprint density at radius 3 is 2.55 bits per heavy atom. The fraction of sp³-hybridized carbons (Fsp3) is 0.292. The van der Waals surface area contributed by atoms with Crippen LogP contribution in [-0.2, 0) is 11.8 Å². The molecule has 0 aliphatic rings. The molecule has 8 nitrogen and oxygen atoms in total. The topological polar surface area (TPSA) is 102 Å². The minimum absolute atomic E-state index is 0.131. The van der Waals surface area contributed by atoms with Crippen molar-refractivity contribution in [2.24, 2.45) is 7.05 Å². The van der Waals surface area contributed by atoms with E-state index < -0.39 is 11.9 Å². The molecule has 0 aromatic carbocycles. The SMILES string of the molecule is CCC/C(=C\c1cc(C(=O)Nc2cc(NC(=O)CC)cnc2F)cnc1C)c1cnn(C)c1. The predicted molar refractivity (Wildman–Crippen MR) is 126 cm³/mol. The van der Waals surface area contributed by atoms with E-state index in [9.17, 15) is 14.0 Å². The third-order valence-corrected chi connectivity index (χ3v) is 5.01. The zero-order valence-corrected chi connectivity index (χ0v) is 19.1. The smallest absolute Gasteiger partial charge is 0.257 e. The number of anilines is 2. The Morgan fingerprint density at radius 1 is 1.09 bits per heavy atom. The number of halogens is 1. The molecule has 3 aromatic heterocycles. The van der Waals surface area contributed by atoms with Crippen LogP contribution in [0.2, 0.25) is 0 Å². The molecule has 2 amide bonds. The lowest BCUT2D eigenvalue weighted by Crippen LogP contribution is -2.15. The van der Waals surface area contributed by atoms with Crippen molar-refractivity contribution < 1.29 is 14.0 Å². The normalized spacial score (nSPS) is 11.4. The van der Waals surface area contributed by atoms with Crippen molar-refractivity contribution in [1.29, 1.82) is 0 Å². The average Bonchev–Trinajstić information content (AvgIpc) is 3.23. The zero-order valence-electron chi connectivity index (χ0n) is 19.1. The second-order valence-electron chi connectivity index (χ2n) is 7.64. The molecule has 3 rings (SSSR count). The van der Waals surface area contributed by atoms with E-state index in [2.05, 4.69) is 32.6 Å². The number of carbonyl (C=O) groups excluding carboxylic acids is 2. The van der Waals surface area contributed by atoms with Crippen LogP contribution in [0.5, 0.6) is 0 Å². The number of hydrogen-bond acceptors (Lipinski definition) is 5. The van der Waals surface area contributed by atoms with Gasteiger partial charge in [0.1, 0.15) is 0 Å². The molecular formula is C24H27FN6O2. The number of hydrogen-bond donors (Lipinski definition) is 2. The van der Waals surface area contributed by atoms with Crippen molar-refractivity contribution in [3.05, 3.63) is 65.3 Å². The molecule has 0 saturated heterocycles. The van der Waals surface area contributed by atoms with Gasteiger partial charge in [-0.25, -0.2) is 4.98 Å². The molecule has 9 heteroatoms. The summed E-state index contributed by atoms with van der Waals surface area (Å²) in [6, 6.07) is 3.05. The standard InChI is InChI=1S/C24H27FN6O2/c1-5-7-16(19-12-28-31(4)14-19)8-17-9-18(11-26-15(17)3)24(33)30-21-10-20(13-27-23(21)25)29-22(32)6-2/h8-14H,5-7H2,1-4H3,(H,29,32)(H,30,33)/b16-8+. The number of aromatic nitrogens is 4. The second-order valence-corrected chi connectivity index (χ2v) is 7.64. The third-order valence-electron chi connectivity index (χ3n) is 5.01. The first-order valence-electron chi connectivity index (χ1n) is 10.7. The molecule has 0 bridgehead atoms. The van der Waals surface area contributed by atoms with Crippen LogP contribution in [0.25, 0.3) is 11.6 Å². The molecule has 0 fully saturated rings. The van der Waals surface area contributed by atoms with Crippen LogP contribution < -0.4 is 10.6 Å². The van der Waals surface area contributed by atoms with Gasteiger partial charge in [0.25, 0.3) is 5.91 Å². The molecular weight excluding hydrogens is 423 g/mol. The molecule has 0 saturated carbocycles. The van der Waals surface area contributed by atoms with Gasteiger partial charge in [-0.15, -0.1) is 0 Å². The van der Waals surface area contributed by atoms with Crippen molar-refractivity contribution >= 4 is 34.8 Å². The molecule has 172 valence electrons. The Labute approximate surface area is 192 Å². The summed E-state index contributed by atoms with van der Waals surface area (Å²) in [7, 11) is 1.86. The Balaban J connectivity index is 1.88. The summed E-state index contributed by atoms with van der Waals surface area (Å²) < 4.78 is 15.9. The molecule has 0 unspecified atom stereocenters. The van der Waals surface area contributed by atoms with E-state index in [0.29, 0.717) is 5.69 Å². The minimum atomic E-state index is -0.847. The van der Waals surface area contributed by atoms with Crippen LogP contribution in [0.3, 0.4) is 0 Å². The van der Waals surface area contributed by atoms with Gasteiger partial charge in [-0.2, -0.15) is 9.49 Å². The highest BCUT2D eigenvalue weighted by Crippen LogP contribution is 2.25. The lowest BCUT2D eigenvalue weighted by Gasteiger charge is -2.10. The Morgan fingerprint density at radius 2 is 1.88 bits per heavy atom. The molecule has 0 radical (unpaired) electrons. The first-order valence-corrected chi connectivity index (χ1v) is 10.7. The summed E-state index contributed by atoms with van der Waals surface area (Å²) in [6.45, 7) is 5.66. The second kappa shape index (κ2) is 10.6. The van der Waals surface area contributed by atoms with Gasteiger partial charge >= 0.3 is 0 Å². The molecule has 3 aromatic rings. The van der Waals surface area contributed by atoms with Crippen molar-refractivity contribution in [1.82, 2.24) is 19.7 Å². The molecule has 0 spiro atoms. The maximum absolute atomic E-state index is 14.2. The predicted octanol–water partition coefficient (Wildman–Crippen LogP) is 4.60. The highest BCUT2D eigenvalue weighted by Gasteiger charge is 2.14. The van der Waals surface area contributed by atoms with E-state index in [1.54, 1.807) is 23.9 Å². The quantitative estimate of drug-likeness (QED) is 0.489. The van der Waals surface area contributed by atoms with Crippen LogP contribution >= 0.6 is 0 Å². The highest BCUT2D eigenvalue weighted by atomic mass is 19.1. The summed E-state index contributed by atoms with van der Waals surface area (Å²) in [4.78, 5) is 32.4. The molecule has 33 heavy (non-hydrogen) atoms. The first-order chi connectivity index (χ1) is 15.8. The maximum Gasteiger partial charge on any atom is 0.257 e. The fourth-order valence-electron chi connectivity index (χ4n) is 3.21. The van der Waals surface area contributed by atoms with Gasteiger partial charge in [0.05, 0.1) is 29.3 Å². The third kappa shape index (κ3) is 6.09. The van der Waals surface area contributed by atoms with Crippen LogP contribution in [0.1, 0.15) is 60.3 Å². The summed E-state index contributed by atoms with van der Waals surface area (Å²) in [5.74, 6) is -1.62. The molecule has 0 atom stereocenters. The lowest BCUT2D eigenvalue weighted by atomic mass is 10.00. The van der Waals surface area contributed by atoms with Gasteiger partial charge in [0.2, 0.25) is 11.9 Å². The number of pyridine rings is 2. The number of rotatable bonds is 8. The van der Waals surface area contributed by atoms with Gasteiger partial charge in [-0.3, -0.25) is 19.3 Å². The van der Waals surface area contributed by atoms with Crippen molar-refractivity contribution in [2.75, 3.05) is 10.6 Å². The van der Waals surface area contributed by atoms with Gasteiger partial charge in [-0.1, -0.05) is 20.3 Å². The fourth-order valence-corrected chi connectivity index (χ4v) is 3.21. The molecule has 3 heterocycles. The number of aryl methyl sites for hydroxylation is 2. The van der Waals surface area contributed by atoms with Crippen molar-refractivity contribution in [3.8, 4) is 0 Å². The summed E-state index contributed by atoms with van der Waals surface area (Å²) in [5, 5.41) is 9.35. The van der Waals surface area contributed by atoms with E-state index in [1.807, 2.05) is 26.2 Å². The number of carbonyl (C=O) groups is 2. The summed E-state index contributed by atoms with van der Waals surface area (Å²) in [6.07, 6.45) is 10.5. The molecule has 2 N–H and O–H groups in total. The van der Waals surface area contributed by atoms with Crippen molar-refractivity contribution in [3.63, 3.8) is 0 Å². The van der Waals surface area contributed by atoms with Crippen LogP contribution in [0.4, 0.5) is 15.8 Å². The van der Waals surface area contributed by atoms with E-state index in [1.165, 1.54) is 18.5 Å². The summed E-state index contributed by atoms with van der Waals surface area (Å²) in [5.41, 5.74) is 4.09. The number of amides is 2. The lowest BCUT2D eigenvalue weighted by molar-refractivity contribution is -0.115. The van der Waals surface area contributed by atoms with E-state index in [4.69, 9.17) is 0 Å². The highest BCUT2D eigenvalue weighted by molar-refractivity contribution is 6.05. The Bertz CT molecular complexity index is 1200. The molecule has 0 aliphatic carbocycles. The largest absolute Gasteiger partial charge is 0.325 e. The van der Waals surface area contributed by atoms with E-state index >= 15 is 0 Å². The monoisotopic (exact) mass is 450 g/mol. The van der Waals surface area contributed by atoms with E-state index in [0.717, 1.165) is 35.2 Å². The van der Waals surface area contributed by atoms with Crippen LogP contribution in [-0.4, -0.2) is 31.6 Å². The number of nitrogens with zero attached hydrogens (tertiary/aromatic N) is 4. The van der Waals surface area contributed by atoms with Crippen LogP contribution in [0.15, 0.2) is 36.9 Å². The van der Waals surface area contributed by atoms with Gasteiger partial charge in [-0.05, 0) is 42.7 Å². The Kier molecular flexibility index (Phi) is 7.66. The van der Waals surface area contributed by atoms with Gasteiger partial charge < -0.3 is 10.6 Å². The van der Waals surface area contributed by atoms with Gasteiger partial charge in [0, 0.05) is 37.1 Å². The maximum atomic E-state index is 14.2. The average molecular weight is 451 g/mol. The van der Waals surface area contributed by atoms with Crippen molar-refractivity contribution in [2.45, 2.75) is 40.0 Å². The van der Waals surface area contributed by atoms with Gasteiger partial charge in [0.15, 0.2) is 0 Å². The number of allylic oxidation sites excluding steroid dienone is 1.